The molecule has 2 aromatic carbocycles. The molecule has 0 fully saturated rings. The highest BCUT2D eigenvalue weighted by Gasteiger charge is 2.29. The lowest BCUT2D eigenvalue weighted by Crippen LogP contribution is -2.04. The van der Waals surface area contributed by atoms with Crippen molar-refractivity contribution >= 4 is 11.4 Å². The van der Waals surface area contributed by atoms with Gasteiger partial charge >= 0.3 is 6.18 Å². The van der Waals surface area contributed by atoms with Gasteiger partial charge in [0.05, 0.1) is 16.8 Å². The van der Waals surface area contributed by atoms with Crippen molar-refractivity contribution in [3.05, 3.63) is 60.0 Å². The number of benzene rings is 2. The molecule has 0 bridgehead atoms. The topological polar surface area (TPSA) is 51.0 Å². The van der Waals surface area contributed by atoms with Gasteiger partial charge < -0.3 is 9.73 Å². The van der Waals surface area contributed by atoms with Gasteiger partial charge in [0.15, 0.2) is 0 Å². The van der Waals surface area contributed by atoms with Crippen LogP contribution in [-0.4, -0.2) is 10.2 Å². The molecular weight excluding hydrogens is 307 g/mol. The number of hydrogen-bond acceptors (Lipinski definition) is 4. The van der Waals surface area contributed by atoms with Gasteiger partial charge in [-0.2, -0.15) is 13.2 Å². The summed E-state index contributed by atoms with van der Waals surface area (Å²) in [5, 5.41) is 10.8. The van der Waals surface area contributed by atoms with Crippen LogP contribution in [0.2, 0.25) is 0 Å². The Balaban J connectivity index is 1.89. The maximum Gasteiger partial charge on any atom is 0.416 e. The SMILES string of the molecule is Cc1nnc(-c2ccccc2Nc2ccc(C(F)(F)F)cc2)o1. The zero-order valence-corrected chi connectivity index (χ0v) is 12.1. The standard InChI is InChI=1S/C16H12F3N3O/c1-10-21-22-15(23-10)13-4-2-3-5-14(13)20-12-8-6-11(7-9-12)16(17,18)19/h2-9,20H,1H3. The number of anilines is 2. The van der Waals surface area contributed by atoms with Crippen molar-refractivity contribution < 1.29 is 17.6 Å². The molecule has 1 N–H and O–H groups in total. The number of rotatable bonds is 3. The van der Waals surface area contributed by atoms with E-state index in [0.29, 0.717) is 28.7 Å². The summed E-state index contributed by atoms with van der Waals surface area (Å²) < 4.78 is 43.2. The van der Waals surface area contributed by atoms with Crippen molar-refractivity contribution in [1.82, 2.24) is 10.2 Å². The van der Waals surface area contributed by atoms with Gasteiger partial charge in [0.2, 0.25) is 11.8 Å². The molecule has 0 saturated carbocycles. The van der Waals surface area contributed by atoms with Crippen molar-refractivity contribution in [1.29, 1.82) is 0 Å². The van der Waals surface area contributed by atoms with Crippen LogP contribution in [0.3, 0.4) is 0 Å². The number of aryl methyl sites for hydroxylation is 1. The van der Waals surface area contributed by atoms with Crippen molar-refractivity contribution in [2.75, 3.05) is 5.32 Å². The normalized spacial score (nSPS) is 11.5. The summed E-state index contributed by atoms with van der Waals surface area (Å²) in [4.78, 5) is 0. The molecule has 0 atom stereocenters. The first kappa shape index (κ1) is 15.1. The summed E-state index contributed by atoms with van der Waals surface area (Å²) >= 11 is 0. The molecule has 0 aliphatic carbocycles. The van der Waals surface area contributed by atoms with Gasteiger partial charge in [-0.25, -0.2) is 0 Å². The van der Waals surface area contributed by atoms with Gasteiger partial charge in [-0.3, -0.25) is 0 Å². The number of hydrogen-bond donors (Lipinski definition) is 1. The fourth-order valence-electron chi connectivity index (χ4n) is 2.08. The zero-order valence-electron chi connectivity index (χ0n) is 12.1. The van der Waals surface area contributed by atoms with Crippen LogP contribution in [0.4, 0.5) is 24.5 Å². The maximum absolute atomic E-state index is 12.6. The van der Waals surface area contributed by atoms with E-state index in [4.69, 9.17) is 4.42 Å². The van der Waals surface area contributed by atoms with Crippen LogP contribution >= 0.6 is 0 Å². The fraction of sp³-hybridized carbons (Fsp3) is 0.125. The molecular formula is C16H12F3N3O. The van der Waals surface area contributed by atoms with E-state index in [0.717, 1.165) is 12.1 Å². The Kier molecular flexibility index (Phi) is 3.77. The summed E-state index contributed by atoms with van der Waals surface area (Å²) in [6, 6.07) is 12.0. The number of para-hydroxylation sites is 1. The number of halogens is 3. The van der Waals surface area contributed by atoms with Gasteiger partial charge in [-0.1, -0.05) is 12.1 Å². The van der Waals surface area contributed by atoms with Crippen molar-refractivity contribution in [3.63, 3.8) is 0 Å². The highest BCUT2D eigenvalue weighted by Crippen LogP contribution is 2.32. The van der Waals surface area contributed by atoms with Crippen LogP contribution < -0.4 is 5.32 Å². The third kappa shape index (κ3) is 3.33. The maximum atomic E-state index is 12.6. The molecule has 0 aliphatic heterocycles. The number of nitrogens with zero attached hydrogens (tertiary/aromatic N) is 2. The Morgan fingerprint density at radius 3 is 2.26 bits per heavy atom. The quantitative estimate of drug-likeness (QED) is 0.753. The second kappa shape index (κ2) is 5.75. The zero-order chi connectivity index (χ0) is 16.4. The molecule has 0 unspecified atom stereocenters. The Bertz CT molecular complexity index is 810. The molecule has 0 saturated heterocycles. The average Bonchev–Trinajstić information content (AvgIpc) is 2.94. The van der Waals surface area contributed by atoms with E-state index in [1.807, 2.05) is 6.07 Å². The van der Waals surface area contributed by atoms with E-state index < -0.39 is 11.7 Å². The Labute approximate surface area is 130 Å². The lowest BCUT2D eigenvalue weighted by Gasteiger charge is -2.11. The van der Waals surface area contributed by atoms with Gasteiger partial charge in [0.1, 0.15) is 0 Å². The first-order chi connectivity index (χ1) is 10.9. The molecule has 3 aromatic rings. The minimum Gasteiger partial charge on any atom is -0.421 e. The summed E-state index contributed by atoms with van der Waals surface area (Å²) in [5.41, 5.74) is 1.18. The van der Waals surface area contributed by atoms with E-state index in [-0.39, 0.29) is 0 Å². The smallest absolute Gasteiger partial charge is 0.416 e. The van der Waals surface area contributed by atoms with E-state index in [1.54, 1.807) is 25.1 Å². The monoisotopic (exact) mass is 319 g/mol. The van der Waals surface area contributed by atoms with E-state index in [9.17, 15) is 13.2 Å². The molecule has 118 valence electrons. The minimum atomic E-state index is -4.35. The van der Waals surface area contributed by atoms with E-state index >= 15 is 0 Å². The number of alkyl halides is 3. The molecule has 1 heterocycles. The van der Waals surface area contributed by atoms with Crippen LogP contribution in [0.5, 0.6) is 0 Å². The van der Waals surface area contributed by atoms with Crippen LogP contribution in [-0.2, 0) is 6.18 Å². The molecule has 0 spiro atoms. The lowest BCUT2D eigenvalue weighted by atomic mass is 10.1. The minimum absolute atomic E-state index is 0.345. The van der Waals surface area contributed by atoms with Crippen LogP contribution in [0.15, 0.2) is 52.9 Å². The highest BCUT2D eigenvalue weighted by atomic mass is 19.4. The second-order valence-electron chi connectivity index (χ2n) is 4.87. The summed E-state index contributed by atoms with van der Waals surface area (Å²) in [7, 11) is 0. The summed E-state index contributed by atoms with van der Waals surface area (Å²) in [6.45, 7) is 1.68. The third-order valence-corrected chi connectivity index (χ3v) is 3.17. The molecule has 0 aliphatic rings. The van der Waals surface area contributed by atoms with E-state index in [1.165, 1.54) is 12.1 Å². The summed E-state index contributed by atoms with van der Waals surface area (Å²) in [6.07, 6.45) is -4.35. The first-order valence-electron chi connectivity index (χ1n) is 6.77. The van der Waals surface area contributed by atoms with Crippen LogP contribution in [0, 0.1) is 6.92 Å². The first-order valence-corrected chi connectivity index (χ1v) is 6.77. The Hall–Kier alpha value is -2.83. The third-order valence-electron chi connectivity index (χ3n) is 3.17. The van der Waals surface area contributed by atoms with Crippen LogP contribution in [0.25, 0.3) is 11.5 Å². The number of nitrogens with one attached hydrogen (secondary N) is 1. The number of aromatic nitrogens is 2. The van der Waals surface area contributed by atoms with Crippen molar-refractivity contribution in [2.45, 2.75) is 13.1 Å². The molecule has 1 aromatic heterocycles. The van der Waals surface area contributed by atoms with E-state index in [2.05, 4.69) is 15.5 Å². The highest BCUT2D eigenvalue weighted by molar-refractivity contribution is 5.76. The van der Waals surface area contributed by atoms with Crippen LogP contribution in [0.1, 0.15) is 11.5 Å². The Morgan fingerprint density at radius 2 is 1.65 bits per heavy atom. The predicted molar refractivity (Wildman–Crippen MR) is 79.2 cm³/mol. The molecule has 0 amide bonds. The average molecular weight is 319 g/mol. The van der Waals surface area contributed by atoms with Crippen molar-refractivity contribution in [2.24, 2.45) is 0 Å². The van der Waals surface area contributed by atoms with Gasteiger partial charge in [0.25, 0.3) is 0 Å². The van der Waals surface area contributed by atoms with Gasteiger partial charge in [-0.05, 0) is 36.4 Å². The molecule has 0 radical (unpaired) electrons. The Morgan fingerprint density at radius 1 is 0.957 bits per heavy atom. The molecule has 4 nitrogen and oxygen atoms in total. The van der Waals surface area contributed by atoms with Crippen molar-refractivity contribution in [3.8, 4) is 11.5 Å². The summed E-state index contributed by atoms with van der Waals surface area (Å²) in [5.74, 6) is 0.779. The second-order valence-corrected chi connectivity index (χ2v) is 4.87. The molecule has 23 heavy (non-hydrogen) atoms. The molecule has 7 heteroatoms. The fourth-order valence-corrected chi connectivity index (χ4v) is 2.08. The predicted octanol–water partition coefficient (Wildman–Crippen LogP) is 4.81. The van der Waals surface area contributed by atoms with Gasteiger partial charge in [-0.15, -0.1) is 10.2 Å². The largest absolute Gasteiger partial charge is 0.421 e. The van der Waals surface area contributed by atoms with Gasteiger partial charge in [0, 0.05) is 12.6 Å². The molecule has 3 rings (SSSR count). The lowest BCUT2D eigenvalue weighted by molar-refractivity contribution is -0.137.